The van der Waals surface area contributed by atoms with Gasteiger partial charge in [-0.25, -0.2) is 13.1 Å². The van der Waals surface area contributed by atoms with Crippen molar-refractivity contribution in [2.75, 3.05) is 6.54 Å². The van der Waals surface area contributed by atoms with Crippen molar-refractivity contribution in [3.8, 4) is 0 Å². The number of carbonyl (C=O) groups excluding carboxylic acids is 1. The van der Waals surface area contributed by atoms with E-state index >= 15 is 0 Å². The van der Waals surface area contributed by atoms with Crippen molar-refractivity contribution in [3.63, 3.8) is 0 Å². The van der Waals surface area contributed by atoms with Gasteiger partial charge >= 0.3 is 0 Å². The fourth-order valence-corrected chi connectivity index (χ4v) is 4.89. The monoisotopic (exact) mass is 350 g/mol. The second kappa shape index (κ2) is 7.58. The largest absolute Gasteiger partial charge is 0.352 e. The molecule has 2 N–H and O–H groups in total. The van der Waals surface area contributed by atoms with Crippen molar-refractivity contribution in [1.29, 1.82) is 0 Å². The van der Waals surface area contributed by atoms with Crippen molar-refractivity contribution in [2.45, 2.75) is 48.8 Å². The molecule has 0 saturated heterocycles. The average molecular weight is 351 g/mol. The molecule has 0 bridgehead atoms. The van der Waals surface area contributed by atoms with Crippen LogP contribution in [0.2, 0.25) is 4.34 Å². The molecule has 1 aromatic rings. The fraction of sp³-hybridized carbons (Fsp3) is 0.615. The number of carbonyl (C=O) groups is 1. The van der Waals surface area contributed by atoms with E-state index in [1.165, 1.54) is 25.0 Å². The molecule has 0 radical (unpaired) electrons. The lowest BCUT2D eigenvalue weighted by Gasteiger charge is -2.16. The highest BCUT2D eigenvalue weighted by Crippen LogP contribution is 2.25. The van der Waals surface area contributed by atoms with Crippen LogP contribution >= 0.6 is 22.9 Å². The van der Waals surface area contributed by atoms with Crippen LogP contribution in [0.5, 0.6) is 0 Å². The Morgan fingerprint density at radius 3 is 2.48 bits per heavy atom. The van der Waals surface area contributed by atoms with Crippen LogP contribution in [0.15, 0.2) is 16.3 Å². The zero-order valence-corrected chi connectivity index (χ0v) is 14.0. The SMILES string of the molecule is O=C(CNS(=O)(=O)c1ccc(Cl)s1)NC1CCCCCC1. The summed E-state index contributed by atoms with van der Waals surface area (Å²) in [5.41, 5.74) is 0. The first kappa shape index (κ1) is 16.7. The predicted octanol–water partition coefficient (Wildman–Crippen LogP) is 2.52. The van der Waals surface area contributed by atoms with Gasteiger partial charge < -0.3 is 5.32 Å². The van der Waals surface area contributed by atoms with E-state index < -0.39 is 10.0 Å². The van der Waals surface area contributed by atoms with Crippen LogP contribution in [0.25, 0.3) is 0 Å². The highest BCUT2D eigenvalue weighted by atomic mass is 35.5. The number of amides is 1. The molecule has 1 amide bonds. The Hall–Kier alpha value is -0.630. The van der Waals surface area contributed by atoms with E-state index in [0.717, 1.165) is 37.0 Å². The van der Waals surface area contributed by atoms with Gasteiger partial charge in [0.25, 0.3) is 10.0 Å². The molecule has 118 valence electrons. The number of nitrogens with one attached hydrogen (secondary N) is 2. The van der Waals surface area contributed by atoms with Crippen LogP contribution < -0.4 is 10.0 Å². The molecule has 1 aliphatic rings. The van der Waals surface area contributed by atoms with Crippen LogP contribution in [-0.2, 0) is 14.8 Å². The van der Waals surface area contributed by atoms with E-state index in [1.807, 2.05) is 0 Å². The minimum absolute atomic E-state index is 0.120. The van der Waals surface area contributed by atoms with Gasteiger partial charge in [-0.2, -0.15) is 0 Å². The van der Waals surface area contributed by atoms with E-state index in [9.17, 15) is 13.2 Å². The molecule has 1 saturated carbocycles. The van der Waals surface area contributed by atoms with Crippen molar-refractivity contribution < 1.29 is 13.2 Å². The highest BCUT2D eigenvalue weighted by molar-refractivity contribution is 7.91. The summed E-state index contributed by atoms with van der Waals surface area (Å²) >= 11 is 6.69. The van der Waals surface area contributed by atoms with Crippen molar-refractivity contribution in [1.82, 2.24) is 10.0 Å². The van der Waals surface area contributed by atoms with E-state index in [-0.39, 0.29) is 22.7 Å². The van der Waals surface area contributed by atoms with Crippen molar-refractivity contribution in [2.24, 2.45) is 0 Å². The predicted molar refractivity (Wildman–Crippen MR) is 84.2 cm³/mol. The Balaban J connectivity index is 1.83. The third kappa shape index (κ3) is 5.25. The summed E-state index contributed by atoms with van der Waals surface area (Å²) < 4.78 is 26.7. The molecule has 21 heavy (non-hydrogen) atoms. The summed E-state index contributed by atoms with van der Waals surface area (Å²) in [6.45, 7) is -0.242. The lowest BCUT2D eigenvalue weighted by atomic mass is 10.1. The number of sulfonamides is 1. The quantitative estimate of drug-likeness (QED) is 0.801. The van der Waals surface area contributed by atoms with Gasteiger partial charge in [0, 0.05) is 6.04 Å². The Labute approximate surface area is 134 Å². The van der Waals surface area contributed by atoms with Gasteiger partial charge in [0.2, 0.25) is 5.91 Å². The molecular formula is C13H19ClN2O3S2. The molecule has 5 nitrogen and oxygen atoms in total. The zero-order chi connectivity index (χ0) is 15.3. The average Bonchev–Trinajstić information content (AvgIpc) is 2.72. The molecular weight excluding hydrogens is 332 g/mol. The number of hydrogen-bond donors (Lipinski definition) is 2. The van der Waals surface area contributed by atoms with Crippen LogP contribution in [0.3, 0.4) is 0 Å². The van der Waals surface area contributed by atoms with Gasteiger partial charge in [0.15, 0.2) is 0 Å². The smallest absolute Gasteiger partial charge is 0.250 e. The maximum atomic E-state index is 12.0. The van der Waals surface area contributed by atoms with Crippen LogP contribution in [-0.4, -0.2) is 26.9 Å². The summed E-state index contributed by atoms with van der Waals surface area (Å²) in [4.78, 5) is 11.8. The van der Waals surface area contributed by atoms with Gasteiger partial charge in [0.05, 0.1) is 10.9 Å². The van der Waals surface area contributed by atoms with E-state index in [0.29, 0.717) is 4.34 Å². The Morgan fingerprint density at radius 1 is 1.24 bits per heavy atom. The molecule has 1 aromatic heterocycles. The number of rotatable bonds is 5. The Kier molecular flexibility index (Phi) is 6.04. The first-order valence-corrected chi connectivity index (χ1v) is 9.69. The first-order valence-electron chi connectivity index (χ1n) is 7.02. The third-order valence-electron chi connectivity index (χ3n) is 3.46. The molecule has 1 heterocycles. The normalized spacial score (nSPS) is 17.4. The van der Waals surface area contributed by atoms with E-state index in [2.05, 4.69) is 10.0 Å². The fourth-order valence-electron chi connectivity index (χ4n) is 2.38. The van der Waals surface area contributed by atoms with Gasteiger partial charge in [-0.3, -0.25) is 4.79 Å². The minimum atomic E-state index is -3.66. The van der Waals surface area contributed by atoms with Crippen LogP contribution in [0.4, 0.5) is 0 Å². The lowest BCUT2D eigenvalue weighted by molar-refractivity contribution is -0.120. The van der Waals surface area contributed by atoms with E-state index in [4.69, 9.17) is 11.6 Å². The number of hydrogen-bond acceptors (Lipinski definition) is 4. The van der Waals surface area contributed by atoms with Gasteiger partial charge in [-0.15, -0.1) is 11.3 Å². The standard InChI is InChI=1S/C13H19ClN2O3S2/c14-11-7-8-13(20-11)21(18,19)15-9-12(17)16-10-5-3-1-2-4-6-10/h7-8,10,15H,1-6,9H2,(H,16,17). The maximum Gasteiger partial charge on any atom is 0.250 e. The molecule has 2 rings (SSSR count). The Bertz CT molecular complexity index is 578. The van der Waals surface area contributed by atoms with E-state index in [1.54, 1.807) is 0 Å². The molecule has 0 aromatic carbocycles. The highest BCUT2D eigenvalue weighted by Gasteiger charge is 2.19. The number of thiophene rings is 1. The molecule has 0 spiro atoms. The minimum Gasteiger partial charge on any atom is -0.352 e. The summed E-state index contributed by atoms with van der Waals surface area (Å²) in [7, 11) is -3.66. The summed E-state index contributed by atoms with van der Waals surface area (Å²) in [6.07, 6.45) is 6.59. The summed E-state index contributed by atoms with van der Waals surface area (Å²) in [6, 6.07) is 3.12. The maximum absolute atomic E-state index is 12.0. The zero-order valence-electron chi connectivity index (χ0n) is 11.6. The molecule has 1 aliphatic carbocycles. The van der Waals surface area contributed by atoms with Crippen molar-refractivity contribution in [3.05, 3.63) is 16.5 Å². The Morgan fingerprint density at radius 2 is 1.90 bits per heavy atom. The van der Waals surface area contributed by atoms with Gasteiger partial charge in [-0.05, 0) is 25.0 Å². The van der Waals surface area contributed by atoms with Gasteiger partial charge in [0.1, 0.15) is 4.21 Å². The first-order chi connectivity index (χ1) is 9.97. The van der Waals surface area contributed by atoms with Crippen LogP contribution in [0, 0.1) is 0 Å². The van der Waals surface area contributed by atoms with Crippen LogP contribution in [0.1, 0.15) is 38.5 Å². The molecule has 8 heteroatoms. The summed E-state index contributed by atoms with van der Waals surface area (Å²) in [5, 5.41) is 2.90. The summed E-state index contributed by atoms with van der Waals surface area (Å²) in [5.74, 6) is -0.284. The van der Waals surface area contributed by atoms with Crippen molar-refractivity contribution >= 4 is 38.9 Å². The van der Waals surface area contributed by atoms with Gasteiger partial charge in [-0.1, -0.05) is 37.3 Å². The molecule has 0 unspecified atom stereocenters. The molecule has 0 atom stereocenters. The molecule has 1 fully saturated rings. The number of halogens is 1. The molecule has 0 aliphatic heterocycles. The lowest BCUT2D eigenvalue weighted by Crippen LogP contribution is -2.41. The second-order valence-corrected chi connectivity index (χ2v) is 8.85. The third-order valence-corrected chi connectivity index (χ3v) is 6.58. The second-order valence-electron chi connectivity index (χ2n) is 5.14. The topological polar surface area (TPSA) is 75.3 Å².